The number of allylic oxidation sites excluding steroid dienone is 1. The molecule has 0 fully saturated rings. The second-order valence-corrected chi connectivity index (χ2v) is 6.16. The lowest BCUT2D eigenvalue weighted by atomic mass is 9.79. The van der Waals surface area contributed by atoms with Crippen molar-refractivity contribution in [1.29, 1.82) is 0 Å². The molecule has 0 bridgehead atoms. The number of hydrogen-bond acceptors (Lipinski definition) is 0. The number of fused-ring (bicyclic) bond motifs is 1. The van der Waals surface area contributed by atoms with E-state index in [2.05, 4.69) is 6.58 Å². The number of halogens is 3. The molecule has 2 aromatic rings. The minimum atomic E-state index is -0.829. The van der Waals surface area contributed by atoms with Crippen molar-refractivity contribution in [2.75, 3.05) is 0 Å². The van der Waals surface area contributed by atoms with Gasteiger partial charge in [0.2, 0.25) is 0 Å². The first-order valence-electron chi connectivity index (χ1n) is 7.94. The van der Waals surface area contributed by atoms with Crippen LogP contribution in [0.15, 0.2) is 43.0 Å². The van der Waals surface area contributed by atoms with Crippen LogP contribution in [-0.4, -0.2) is 0 Å². The van der Waals surface area contributed by atoms with Gasteiger partial charge in [-0.05, 0) is 78.5 Å². The maximum Gasteiger partial charge on any atom is 0.159 e. The summed E-state index contributed by atoms with van der Waals surface area (Å²) < 4.78 is 41.1. The van der Waals surface area contributed by atoms with Gasteiger partial charge in [0, 0.05) is 0 Å². The summed E-state index contributed by atoms with van der Waals surface area (Å²) in [5.74, 6) is -1.83. The van der Waals surface area contributed by atoms with Crippen molar-refractivity contribution in [3.05, 3.63) is 82.7 Å². The van der Waals surface area contributed by atoms with Crippen LogP contribution in [0.1, 0.15) is 41.0 Å². The Bertz CT molecular complexity index is 734. The van der Waals surface area contributed by atoms with Crippen LogP contribution in [0.5, 0.6) is 0 Å². The summed E-state index contributed by atoms with van der Waals surface area (Å²) in [6.07, 6.45) is 5.36. The van der Waals surface area contributed by atoms with Crippen molar-refractivity contribution in [3.8, 4) is 0 Å². The summed E-state index contributed by atoms with van der Waals surface area (Å²) in [7, 11) is 0. The summed E-state index contributed by atoms with van der Waals surface area (Å²) in [4.78, 5) is 0. The summed E-state index contributed by atoms with van der Waals surface area (Å²) in [5, 5.41) is 0. The minimum Gasteiger partial charge on any atom is -0.207 e. The van der Waals surface area contributed by atoms with Gasteiger partial charge in [-0.25, -0.2) is 13.2 Å². The molecule has 3 heteroatoms. The molecule has 0 aliphatic heterocycles. The lowest BCUT2D eigenvalue weighted by Gasteiger charge is -2.25. The predicted molar refractivity (Wildman–Crippen MR) is 86.0 cm³/mol. The predicted octanol–water partition coefficient (Wildman–Crippen LogP) is 5.50. The van der Waals surface area contributed by atoms with Gasteiger partial charge in [0.25, 0.3) is 0 Å². The molecule has 0 amide bonds. The second kappa shape index (κ2) is 6.61. The van der Waals surface area contributed by atoms with Gasteiger partial charge in [0.05, 0.1) is 0 Å². The van der Waals surface area contributed by atoms with E-state index in [1.54, 1.807) is 6.07 Å². The highest BCUT2D eigenvalue weighted by atomic mass is 19.2. The Morgan fingerprint density at radius 1 is 1.00 bits per heavy atom. The minimum absolute atomic E-state index is 0.0146. The molecule has 1 aliphatic carbocycles. The number of benzene rings is 2. The van der Waals surface area contributed by atoms with E-state index < -0.39 is 11.6 Å². The zero-order valence-electron chi connectivity index (χ0n) is 12.9. The Labute approximate surface area is 134 Å². The molecule has 0 radical (unpaired) electrons. The highest BCUT2D eigenvalue weighted by Gasteiger charge is 2.24. The summed E-state index contributed by atoms with van der Waals surface area (Å²) in [6, 6.07) is 7.90. The molecule has 0 saturated heterocycles. The zero-order chi connectivity index (χ0) is 16.4. The van der Waals surface area contributed by atoms with Crippen molar-refractivity contribution in [2.24, 2.45) is 0 Å². The molecule has 1 aliphatic rings. The molecule has 120 valence electrons. The van der Waals surface area contributed by atoms with E-state index in [1.165, 1.54) is 12.1 Å². The van der Waals surface area contributed by atoms with E-state index in [9.17, 15) is 13.2 Å². The van der Waals surface area contributed by atoms with Crippen LogP contribution in [0.25, 0.3) is 0 Å². The van der Waals surface area contributed by atoms with Crippen molar-refractivity contribution < 1.29 is 13.2 Å². The maximum atomic E-state index is 14.4. The lowest BCUT2D eigenvalue weighted by Crippen LogP contribution is -2.15. The van der Waals surface area contributed by atoms with Crippen molar-refractivity contribution in [3.63, 3.8) is 0 Å². The lowest BCUT2D eigenvalue weighted by molar-refractivity contribution is 0.492. The molecule has 0 saturated carbocycles. The molecule has 0 spiro atoms. The molecule has 23 heavy (non-hydrogen) atoms. The third-order valence-electron chi connectivity index (χ3n) is 4.61. The van der Waals surface area contributed by atoms with E-state index in [0.29, 0.717) is 18.4 Å². The first-order chi connectivity index (χ1) is 11.1. The zero-order valence-corrected chi connectivity index (χ0v) is 12.9. The van der Waals surface area contributed by atoms with E-state index >= 15 is 0 Å². The fourth-order valence-corrected chi connectivity index (χ4v) is 3.34. The average Bonchev–Trinajstić information content (AvgIpc) is 2.54. The van der Waals surface area contributed by atoms with Crippen LogP contribution < -0.4 is 0 Å². The first-order valence-corrected chi connectivity index (χ1v) is 7.94. The Morgan fingerprint density at radius 3 is 2.43 bits per heavy atom. The number of aryl methyl sites for hydroxylation is 2. The average molecular weight is 316 g/mol. The van der Waals surface area contributed by atoms with Crippen LogP contribution in [0.2, 0.25) is 0 Å². The molecule has 3 rings (SSSR count). The molecular formula is C20H19F3. The van der Waals surface area contributed by atoms with Gasteiger partial charge in [-0.1, -0.05) is 18.2 Å². The second-order valence-electron chi connectivity index (χ2n) is 6.16. The third kappa shape index (κ3) is 3.34. The molecule has 0 nitrogen and oxygen atoms in total. The van der Waals surface area contributed by atoms with E-state index in [-0.39, 0.29) is 11.7 Å². The fraction of sp³-hybridized carbons (Fsp3) is 0.300. The van der Waals surface area contributed by atoms with Gasteiger partial charge >= 0.3 is 0 Å². The van der Waals surface area contributed by atoms with Gasteiger partial charge in [-0.15, -0.1) is 6.58 Å². The van der Waals surface area contributed by atoms with E-state index in [1.807, 2.05) is 18.2 Å². The number of rotatable bonds is 4. The molecule has 0 N–H and O–H groups in total. The Morgan fingerprint density at radius 2 is 1.74 bits per heavy atom. The smallest absolute Gasteiger partial charge is 0.159 e. The van der Waals surface area contributed by atoms with Crippen molar-refractivity contribution >= 4 is 0 Å². The summed E-state index contributed by atoms with van der Waals surface area (Å²) in [5.41, 5.74) is 3.25. The summed E-state index contributed by atoms with van der Waals surface area (Å²) in [6.45, 7) is 3.67. The highest BCUT2D eigenvalue weighted by molar-refractivity contribution is 5.36. The van der Waals surface area contributed by atoms with Crippen molar-refractivity contribution in [2.45, 2.75) is 38.0 Å². The number of hydrogen-bond donors (Lipinski definition) is 0. The van der Waals surface area contributed by atoms with Gasteiger partial charge in [-0.3, -0.25) is 0 Å². The molecule has 1 unspecified atom stereocenters. The third-order valence-corrected chi connectivity index (χ3v) is 4.61. The van der Waals surface area contributed by atoms with Crippen LogP contribution >= 0.6 is 0 Å². The van der Waals surface area contributed by atoms with Gasteiger partial charge in [0.15, 0.2) is 11.6 Å². The first kappa shape index (κ1) is 15.9. The molecule has 1 atom stereocenters. The highest BCUT2D eigenvalue weighted by Crippen LogP contribution is 2.35. The standard InChI is InChI=1S/C20H19F3/c1-2-3-4-13-5-8-17(18(21)9-13)15-7-6-14-11-19(22)20(23)12-16(14)10-15/h2,5,8-9,11-12,15H,1,3-4,6-7,10H2. The summed E-state index contributed by atoms with van der Waals surface area (Å²) >= 11 is 0. The van der Waals surface area contributed by atoms with Gasteiger partial charge in [-0.2, -0.15) is 0 Å². The maximum absolute atomic E-state index is 14.4. The van der Waals surface area contributed by atoms with E-state index in [4.69, 9.17) is 0 Å². The monoisotopic (exact) mass is 316 g/mol. The molecular weight excluding hydrogens is 297 g/mol. The van der Waals surface area contributed by atoms with Gasteiger partial charge in [0.1, 0.15) is 5.82 Å². The fourth-order valence-electron chi connectivity index (χ4n) is 3.34. The van der Waals surface area contributed by atoms with Crippen LogP contribution in [0.4, 0.5) is 13.2 Å². The quantitative estimate of drug-likeness (QED) is 0.654. The van der Waals surface area contributed by atoms with Crippen molar-refractivity contribution in [1.82, 2.24) is 0 Å². The largest absolute Gasteiger partial charge is 0.207 e. The van der Waals surface area contributed by atoms with Crippen LogP contribution in [-0.2, 0) is 19.3 Å². The van der Waals surface area contributed by atoms with E-state index in [0.717, 1.165) is 36.0 Å². The molecule has 0 aromatic heterocycles. The van der Waals surface area contributed by atoms with Gasteiger partial charge < -0.3 is 0 Å². The normalized spacial score (nSPS) is 16.9. The van der Waals surface area contributed by atoms with Crippen LogP contribution in [0.3, 0.4) is 0 Å². The Hall–Kier alpha value is -2.03. The Kier molecular flexibility index (Phi) is 4.56. The molecule has 0 heterocycles. The molecule has 2 aromatic carbocycles. The SMILES string of the molecule is C=CCCc1ccc(C2CCc3cc(F)c(F)cc3C2)c(F)c1. The topological polar surface area (TPSA) is 0 Å². The Balaban J connectivity index is 1.83. The van der Waals surface area contributed by atoms with Crippen LogP contribution in [0, 0.1) is 17.5 Å².